The second-order valence-electron chi connectivity index (χ2n) is 4.21. The van der Waals surface area contributed by atoms with E-state index in [2.05, 4.69) is 34.5 Å². The summed E-state index contributed by atoms with van der Waals surface area (Å²) in [5.74, 6) is 0. The first-order valence-corrected chi connectivity index (χ1v) is 6.89. The fraction of sp³-hybridized carbons (Fsp3) is 0.600. The zero-order valence-corrected chi connectivity index (χ0v) is 11.5. The summed E-state index contributed by atoms with van der Waals surface area (Å²) in [6.45, 7) is 7.41. The summed E-state index contributed by atoms with van der Waals surface area (Å²) in [4.78, 5) is 2.52. The van der Waals surface area contributed by atoms with Gasteiger partial charge in [-0.05, 0) is 37.9 Å². The minimum atomic E-state index is 0.965. The van der Waals surface area contributed by atoms with Crippen LogP contribution in [0.5, 0.6) is 0 Å². The van der Waals surface area contributed by atoms with Crippen molar-refractivity contribution in [1.82, 2.24) is 5.32 Å². The largest absolute Gasteiger partial charge is 0.371 e. The van der Waals surface area contributed by atoms with Gasteiger partial charge in [0.2, 0.25) is 0 Å². The Morgan fingerprint density at radius 1 is 1.06 bits per heavy atom. The van der Waals surface area contributed by atoms with Crippen molar-refractivity contribution >= 4 is 5.69 Å². The zero-order chi connectivity index (χ0) is 12.5. The molecule has 1 fully saturated rings. The van der Waals surface area contributed by atoms with E-state index in [1.54, 1.807) is 0 Å². The Morgan fingerprint density at radius 2 is 1.71 bits per heavy atom. The fourth-order valence-corrected chi connectivity index (χ4v) is 2.29. The van der Waals surface area contributed by atoms with E-state index in [0.717, 1.165) is 6.54 Å². The van der Waals surface area contributed by atoms with Crippen molar-refractivity contribution in [2.75, 3.05) is 25.0 Å². The van der Waals surface area contributed by atoms with E-state index in [0.29, 0.717) is 0 Å². The number of nitrogens with one attached hydrogen (secondary N) is 1. The van der Waals surface area contributed by atoms with Gasteiger partial charge in [-0.3, -0.25) is 0 Å². The van der Waals surface area contributed by atoms with Gasteiger partial charge in [0.1, 0.15) is 0 Å². The molecule has 2 nitrogen and oxygen atoms in total. The topological polar surface area (TPSA) is 15.3 Å². The Bertz CT molecular complexity index is 304. The van der Waals surface area contributed by atoms with Crippen LogP contribution in [-0.2, 0) is 6.54 Å². The van der Waals surface area contributed by atoms with Crippen molar-refractivity contribution in [1.29, 1.82) is 0 Å². The first-order valence-electron chi connectivity index (χ1n) is 6.89. The Morgan fingerprint density at radius 3 is 2.35 bits per heavy atom. The molecule has 96 valence electrons. The lowest BCUT2D eigenvalue weighted by atomic mass is 10.1. The monoisotopic (exact) mass is 234 g/mol. The lowest BCUT2D eigenvalue weighted by molar-refractivity contribution is 0.575. The third kappa shape index (κ3) is 4.04. The highest BCUT2D eigenvalue weighted by Crippen LogP contribution is 2.23. The maximum atomic E-state index is 3.24. The van der Waals surface area contributed by atoms with Crippen molar-refractivity contribution < 1.29 is 0 Å². The first kappa shape index (κ1) is 14.0. The highest BCUT2D eigenvalue weighted by Gasteiger charge is 2.13. The van der Waals surface area contributed by atoms with Crippen molar-refractivity contribution in [2.24, 2.45) is 0 Å². The Balaban J connectivity index is 0.000000686. The molecule has 0 atom stereocenters. The van der Waals surface area contributed by atoms with Gasteiger partial charge in [0, 0.05) is 25.3 Å². The summed E-state index contributed by atoms with van der Waals surface area (Å²) < 4.78 is 0. The van der Waals surface area contributed by atoms with Gasteiger partial charge >= 0.3 is 0 Å². The molecule has 1 saturated heterocycles. The van der Waals surface area contributed by atoms with Crippen molar-refractivity contribution in [2.45, 2.75) is 39.7 Å². The molecule has 0 saturated carbocycles. The van der Waals surface area contributed by atoms with Crippen LogP contribution >= 0.6 is 0 Å². The molecule has 0 aliphatic carbocycles. The van der Waals surface area contributed by atoms with Crippen LogP contribution in [0.3, 0.4) is 0 Å². The Hall–Kier alpha value is -1.02. The minimum Gasteiger partial charge on any atom is -0.371 e. The van der Waals surface area contributed by atoms with Crippen LogP contribution in [0, 0.1) is 0 Å². The van der Waals surface area contributed by atoms with Crippen LogP contribution in [0.1, 0.15) is 38.7 Å². The number of rotatable bonds is 3. The molecule has 2 heteroatoms. The number of nitrogens with zero attached hydrogens (tertiary/aromatic N) is 1. The Labute approximate surface area is 106 Å². The number of piperidine rings is 1. The molecule has 0 unspecified atom stereocenters. The van der Waals surface area contributed by atoms with Crippen LogP contribution < -0.4 is 10.2 Å². The predicted molar refractivity (Wildman–Crippen MR) is 76.6 cm³/mol. The van der Waals surface area contributed by atoms with E-state index in [1.165, 1.54) is 43.6 Å². The summed E-state index contributed by atoms with van der Waals surface area (Å²) in [7, 11) is 2.01. The number of para-hydroxylation sites is 1. The maximum Gasteiger partial charge on any atom is 0.0411 e. The van der Waals surface area contributed by atoms with Crippen LogP contribution in [0.25, 0.3) is 0 Å². The van der Waals surface area contributed by atoms with Gasteiger partial charge in [-0.15, -0.1) is 0 Å². The first-order chi connectivity index (χ1) is 8.42. The molecule has 0 bridgehead atoms. The maximum absolute atomic E-state index is 3.24. The van der Waals surface area contributed by atoms with Gasteiger partial charge in [-0.1, -0.05) is 32.0 Å². The van der Waals surface area contributed by atoms with E-state index >= 15 is 0 Å². The quantitative estimate of drug-likeness (QED) is 0.862. The normalized spacial score (nSPS) is 15.1. The molecule has 0 aromatic heterocycles. The molecule has 0 spiro atoms. The second kappa shape index (κ2) is 8.13. The number of anilines is 1. The second-order valence-corrected chi connectivity index (χ2v) is 4.21. The Kier molecular flexibility index (Phi) is 6.71. The van der Waals surface area contributed by atoms with Crippen LogP contribution in [-0.4, -0.2) is 20.1 Å². The highest BCUT2D eigenvalue weighted by molar-refractivity contribution is 5.53. The standard InChI is InChI=1S/C13H20N2.C2H6/c1-14-11-12-7-3-4-8-13(12)15-9-5-2-6-10-15;1-2/h3-4,7-8,14H,2,5-6,9-11H2,1H3;1-2H3. The van der Waals surface area contributed by atoms with E-state index in [9.17, 15) is 0 Å². The SMILES string of the molecule is CC.CNCc1ccccc1N1CCCCC1. The van der Waals surface area contributed by atoms with Gasteiger partial charge in [0.15, 0.2) is 0 Å². The summed E-state index contributed by atoms with van der Waals surface area (Å²) in [5, 5.41) is 3.24. The van der Waals surface area contributed by atoms with Gasteiger partial charge in [-0.2, -0.15) is 0 Å². The number of hydrogen-bond donors (Lipinski definition) is 1. The van der Waals surface area contributed by atoms with Crippen molar-refractivity contribution in [3.63, 3.8) is 0 Å². The van der Waals surface area contributed by atoms with E-state index < -0.39 is 0 Å². The molecule has 17 heavy (non-hydrogen) atoms. The van der Waals surface area contributed by atoms with E-state index in [4.69, 9.17) is 0 Å². The molecule has 1 aromatic carbocycles. The van der Waals surface area contributed by atoms with Gasteiger partial charge < -0.3 is 10.2 Å². The molecule has 1 aliphatic heterocycles. The lowest BCUT2D eigenvalue weighted by Gasteiger charge is -2.30. The average Bonchev–Trinajstić information content (AvgIpc) is 2.43. The van der Waals surface area contributed by atoms with Gasteiger partial charge in [0.05, 0.1) is 0 Å². The number of benzene rings is 1. The summed E-state index contributed by atoms with van der Waals surface area (Å²) in [5.41, 5.74) is 2.84. The van der Waals surface area contributed by atoms with Crippen LogP contribution in [0.2, 0.25) is 0 Å². The smallest absolute Gasteiger partial charge is 0.0411 e. The molecule has 1 heterocycles. The minimum absolute atomic E-state index is 0.965. The predicted octanol–water partition coefficient (Wildman–Crippen LogP) is 3.42. The zero-order valence-electron chi connectivity index (χ0n) is 11.5. The summed E-state index contributed by atoms with van der Waals surface area (Å²) in [6.07, 6.45) is 4.08. The molecular weight excluding hydrogens is 208 g/mol. The lowest BCUT2D eigenvalue weighted by Crippen LogP contribution is -2.30. The third-order valence-electron chi connectivity index (χ3n) is 3.06. The molecule has 1 aliphatic rings. The average molecular weight is 234 g/mol. The molecule has 1 aromatic rings. The molecular formula is C15H26N2. The number of hydrogen-bond acceptors (Lipinski definition) is 2. The molecule has 1 N–H and O–H groups in total. The van der Waals surface area contributed by atoms with Crippen LogP contribution in [0.15, 0.2) is 24.3 Å². The van der Waals surface area contributed by atoms with Gasteiger partial charge in [0.25, 0.3) is 0 Å². The van der Waals surface area contributed by atoms with E-state index in [-0.39, 0.29) is 0 Å². The van der Waals surface area contributed by atoms with Crippen LogP contribution in [0.4, 0.5) is 5.69 Å². The summed E-state index contributed by atoms with van der Waals surface area (Å²) >= 11 is 0. The molecule has 0 amide bonds. The molecule has 0 radical (unpaired) electrons. The van der Waals surface area contributed by atoms with Gasteiger partial charge in [-0.25, -0.2) is 0 Å². The third-order valence-corrected chi connectivity index (χ3v) is 3.06. The highest BCUT2D eigenvalue weighted by atomic mass is 15.1. The fourth-order valence-electron chi connectivity index (χ4n) is 2.29. The van der Waals surface area contributed by atoms with Crippen molar-refractivity contribution in [3.8, 4) is 0 Å². The van der Waals surface area contributed by atoms with E-state index in [1.807, 2.05) is 20.9 Å². The molecule has 2 rings (SSSR count). The summed E-state index contributed by atoms with van der Waals surface area (Å²) in [6, 6.07) is 8.74. The van der Waals surface area contributed by atoms with Crippen molar-refractivity contribution in [3.05, 3.63) is 29.8 Å².